The van der Waals surface area contributed by atoms with Crippen LogP contribution in [0.2, 0.25) is 0 Å². The van der Waals surface area contributed by atoms with E-state index in [1.807, 2.05) is 215 Å². The number of ether oxygens (including phenoxy) is 3. The van der Waals surface area contributed by atoms with E-state index < -0.39 is 41.5 Å². The van der Waals surface area contributed by atoms with Gasteiger partial charge in [-0.3, -0.25) is 14.4 Å². The zero-order valence-corrected chi connectivity index (χ0v) is 77.1. The number of carbonyl (C=O) groups is 7. The maximum Gasteiger partial charge on any atom is 1.00 e. The molecule has 0 aromatic heterocycles. The van der Waals surface area contributed by atoms with Gasteiger partial charge in [0.05, 0.1) is 53.0 Å². The number of unbranched alkanes of at least 4 members (excludes halogenated alkanes) is 2. The van der Waals surface area contributed by atoms with Crippen LogP contribution in [0.15, 0.2) is 283 Å². The van der Waals surface area contributed by atoms with Gasteiger partial charge in [0.1, 0.15) is 54.5 Å². The molecule has 12 aromatic rings. The molecule has 0 atom stereocenters. The first-order valence-electron chi connectivity index (χ1n) is 39.6. The zero-order valence-electron chi connectivity index (χ0n) is 70.9. The van der Waals surface area contributed by atoms with E-state index >= 15 is 0 Å². The second-order valence-corrected chi connectivity index (χ2v) is 28.5. The summed E-state index contributed by atoms with van der Waals surface area (Å²) in [5, 5.41) is 52.0. The molecule has 638 valence electrons. The van der Waals surface area contributed by atoms with Crippen molar-refractivity contribution in [2.45, 2.75) is 119 Å². The molecule has 0 spiro atoms. The van der Waals surface area contributed by atoms with Crippen molar-refractivity contribution >= 4 is 65.2 Å². The number of carboxylic acids is 3. The van der Waals surface area contributed by atoms with Gasteiger partial charge in [-0.1, -0.05) is 220 Å². The van der Waals surface area contributed by atoms with E-state index in [1.165, 1.54) is 36.4 Å². The van der Waals surface area contributed by atoms with Crippen molar-refractivity contribution in [1.29, 1.82) is 0 Å². The average Bonchev–Trinajstić information content (AvgIpc) is 0.794. The minimum atomic E-state index is -1.75. The molecule has 0 bridgehead atoms. The molecule has 5 amide bonds. The first-order valence-corrected chi connectivity index (χ1v) is 39.6. The number of allylic oxidation sites excluding steroid dienone is 2. The van der Waals surface area contributed by atoms with Gasteiger partial charge in [-0.2, -0.15) is 5.11 Å². The van der Waals surface area contributed by atoms with Gasteiger partial charge in [0.25, 0.3) is 0 Å². The second kappa shape index (κ2) is 53.6. The Morgan fingerprint density at radius 3 is 0.984 bits per heavy atom. The summed E-state index contributed by atoms with van der Waals surface area (Å²) in [5.41, 5.74) is 13.3. The number of nitrogens with zero attached hydrogens (tertiary/aromatic N) is 2. The third-order valence-corrected chi connectivity index (χ3v) is 19.1. The standard InChI is InChI=1S/2C33H32FNO4.C32H28FNO4.C2HN2O3.2K.H2O/c2*1-3-4-10-25-18-26(29-20-27(34)15-16-28(29)33(37)38)19-30(32(25)39-21-24-8-6-5-7-9-24)35-31(36)17-23-13-11-22(2)12-14-23;1-2-3-14-24-18-25(28-20-26(33)15-16-27(28)32(36)37)19-29(31(24)38-21-23-12-8-5-9-13-23)34-30(35)17-22-10-6-4-7-11-22;5-1-3-4-2(6)7;;;/h2*5-9,11-16,18-20H,3-4,10,17,21H2,1-2H3,(H,35,36)(H,37,38);2-13,15-16,18-20H,14,17,21H2,1H3,(H,34,35)(H,36,37);(H,6,7);;;1H2/q;;;-1;2*+1;/p-2/b;;3-2+;;;;. The second-order valence-electron chi connectivity index (χ2n) is 28.5. The van der Waals surface area contributed by atoms with Crippen molar-refractivity contribution in [3.8, 4) is 50.6 Å². The van der Waals surface area contributed by atoms with Crippen LogP contribution in [0.4, 0.5) is 35.0 Å². The number of carbonyl (C=O) groups excluding carboxylic acids is 5. The van der Waals surface area contributed by atoms with Gasteiger partial charge in [-0.15, -0.1) is 6.41 Å². The summed E-state index contributed by atoms with van der Waals surface area (Å²) in [7, 11) is 0. The topological polar surface area (TPSA) is 339 Å². The predicted octanol–water partition coefficient (Wildman–Crippen LogP) is 15.0. The monoisotopic (exact) mass is 1750 g/mol. The van der Waals surface area contributed by atoms with E-state index in [2.05, 4.69) is 40.0 Å². The number of aromatic carboxylic acids is 3. The van der Waals surface area contributed by atoms with Crippen LogP contribution in [0.25, 0.3) is 33.4 Å². The van der Waals surface area contributed by atoms with Gasteiger partial charge in [-0.25, -0.2) is 27.6 Å². The Labute approximate surface area is 814 Å². The van der Waals surface area contributed by atoms with Crippen LogP contribution >= 0.6 is 0 Å². The molecular formula is C100H93F3K2N5O16-. The van der Waals surface area contributed by atoms with E-state index in [0.717, 1.165) is 111 Å². The molecule has 12 aromatic carbocycles. The molecule has 26 heteroatoms. The van der Waals surface area contributed by atoms with Gasteiger partial charge in [0, 0.05) is 5.56 Å². The normalized spacial score (nSPS) is 10.4. The fourth-order valence-electron chi connectivity index (χ4n) is 13.0. The van der Waals surface area contributed by atoms with Crippen molar-refractivity contribution in [1.82, 2.24) is 0 Å². The van der Waals surface area contributed by atoms with Gasteiger partial charge in [0.2, 0.25) is 17.7 Å². The summed E-state index contributed by atoms with van der Waals surface area (Å²) in [6, 6.07) is 75.1. The molecule has 0 aliphatic heterocycles. The SMILES string of the molecule is C/C=C/Cc1cc(-c2cc(F)ccc2C(=O)O)cc(NC(=O)Cc2ccccc2)c1OCc1ccccc1.CCCCc1cc(-c2cc(F)ccc2C(=O)O)cc(NC(=O)Cc2ccc(C)cc2)c1OCc1ccccc1.CCCCc1cc(-c2cc(F)ccc2C(=O)O)cc(NC(=O)Cc2ccc(C)cc2)c1OCc1ccccc1.O=[C-]N=NC(=O)[O-].[K+].[K+].[OH-]. The Hall–Kier alpha value is -11.6. The van der Waals surface area contributed by atoms with Crippen molar-refractivity contribution in [3.63, 3.8) is 0 Å². The van der Waals surface area contributed by atoms with Crippen LogP contribution in [-0.4, -0.2) is 68.9 Å². The largest absolute Gasteiger partial charge is 1.00 e. The first-order chi connectivity index (χ1) is 59.4. The van der Waals surface area contributed by atoms with Crippen molar-refractivity contribution in [2.75, 3.05) is 16.0 Å². The Morgan fingerprint density at radius 1 is 0.413 bits per heavy atom. The van der Waals surface area contributed by atoms with Crippen molar-refractivity contribution in [2.24, 2.45) is 10.2 Å². The Morgan fingerprint density at radius 2 is 0.706 bits per heavy atom. The fraction of sp³-hybridized carbons (Fsp3) is 0.180. The van der Waals surface area contributed by atoms with E-state index in [9.17, 15) is 67.2 Å². The van der Waals surface area contributed by atoms with E-state index in [4.69, 9.17) is 19.0 Å². The van der Waals surface area contributed by atoms with Crippen LogP contribution < -0.4 is 138 Å². The van der Waals surface area contributed by atoms with E-state index in [-0.39, 0.29) is 185 Å². The molecule has 0 unspecified atom stereocenters. The van der Waals surface area contributed by atoms with Crippen LogP contribution in [0.3, 0.4) is 0 Å². The molecular weight excluding hydrogens is 1660 g/mol. The molecule has 0 fully saturated rings. The number of benzene rings is 12. The average molecular weight is 1760 g/mol. The maximum atomic E-state index is 14.3. The Bertz CT molecular complexity index is 5490. The number of azo groups is 1. The molecule has 126 heavy (non-hydrogen) atoms. The third kappa shape index (κ3) is 32.7. The molecule has 0 heterocycles. The summed E-state index contributed by atoms with van der Waals surface area (Å²) in [5.74, 6) is -4.32. The minimum Gasteiger partial charge on any atom is -0.870 e. The Balaban J connectivity index is 0.000000277. The molecule has 0 aliphatic carbocycles. The predicted molar refractivity (Wildman–Crippen MR) is 468 cm³/mol. The number of nitrogens with one attached hydrogen (secondary N) is 3. The van der Waals surface area contributed by atoms with Crippen LogP contribution in [0.5, 0.6) is 17.2 Å². The summed E-state index contributed by atoms with van der Waals surface area (Å²) in [6.45, 7) is 10.9. The molecule has 7 N–H and O–H groups in total. The first kappa shape index (κ1) is 103. The van der Waals surface area contributed by atoms with Crippen molar-refractivity contribution < 1.29 is 194 Å². The number of hydrogen-bond donors (Lipinski definition) is 6. The molecule has 0 radical (unpaired) electrons. The van der Waals surface area contributed by atoms with Crippen LogP contribution in [0.1, 0.15) is 139 Å². The van der Waals surface area contributed by atoms with E-state index in [0.29, 0.717) is 83.5 Å². The number of halogens is 3. The number of aryl methyl sites for hydroxylation is 4. The van der Waals surface area contributed by atoms with Crippen molar-refractivity contribution in [3.05, 3.63) is 368 Å². The van der Waals surface area contributed by atoms with Gasteiger partial charge >= 0.3 is 121 Å². The maximum absolute atomic E-state index is 14.3. The van der Waals surface area contributed by atoms with Gasteiger partial charge < -0.3 is 70.8 Å². The van der Waals surface area contributed by atoms with Crippen LogP contribution in [-0.2, 0) is 77.5 Å². The summed E-state index contributed by atoms with van der Waals surface area (Å²) >= 11 is 0. The smallest absolute Gasteiger partial charge is 0.870 e. The number of amides is 5. The Kier molecular flexibility index (Phi) is 43.9. The molecule has 0 saturated carbocycles. The summed E-state index contributed by atoms with van der Waals surface area (Å²) in [6.07, 6.45) is 8.77. The summed E-state index contributed by atoms with van der Waals surface area (Å²) in [4.78, 5) is 93.5. The third-order valence-electron chi connectivity index (χ3n) is 19.1. The van der Waals surface area contributed by atoms with E-state index in [1.54, 1.807) is 24.3 Å². The molecule has 0 saturated heterocycles. The van der Waals surface area contributed by atoms with Crippen LogP contribution in [0, 0.1) is 31.3 Å². The zero-order chi connectivity index (χ0) is 88.2. The molecule has 21 nitrogen and oxygen atoms in total. The minimum absolute atomic E-state index is 0. The number of hydrogen-bond acceptors (Lipinski definition) is 13. The van der Waals surface area contributed by atoms with Gasteiger partial charge in [0.15, 0.2) is 6.09 Å². The number of rotatable bonds is 33. The summed E-state index contributed by atoms with van der Waals surface area (Å²) < 4.78 is 61.7. The number of anilines is 3. The quantitative estimate of drug-likeness (QED) is 0.00963. The molecule has 12 rings (SSSR count). The fourth-order valence-corrected chi connectivity index (χ4v) is 13.0. The molecule has 0 aliphatic rings. The van der Waals surface area contributed by atoms with Gasteiger partial charge in [-0.05, 0) is 222 Å². The number of carboxylic acid groups (broad SMARTS) is 4.